The fourth-order valence-corrected chi connectivity index (χ4v) is 5.01. The highest BCUT2D eigenvalue weighted by atomic mass is 32.2. The van der Waals surface area contributed by atoms with Gasteiger partial charge in [0, 0.05) is 26.2 Å². The summed E-state index contributed by atoms with van der Waals surface area (Å²) in [6, 6.07) is 10.2. The van der Waals surface area contributed by atoms with Crippen LogP contribution in [-0.4, -0.2) is 43.2 Å². The number of hydrogen-bond donors (Lipinski definition) is 0. The highest BCUT2D eigenvalue weighted by Crippen LogP contribution is 2.26. The molecule has 0 bridgehead atoms. The molecule has 120 valence electrons. The molecule has 2 aliphatic heterocycles. The van der Waals surface area contributed by atoms with E-state index in [0.717, 1.165) is 19.3 Å². The van der Waals surface area contributed by atoms with E-state index in [-0.39, 0.29) is 0 Å². The van der Waals surface area contributed by atoms with Gasteiger partial charge >= 0.3 is 0 Å². The van der Waals surface area contributed by atoms with Crippen molar-refractivity contribution >= 4 is 15.8 Å². The van der Waals surface area contributed by atoms with Crippen molar-refractivity contribution in [3.05, 3.63) is 42.0 Å². The first-order valence-corrected chi connectivity index (χ1v) is 9.47. The molecule has 1 aromatic carbocycles. The molecule has 1 aromatic rings. The van der Waals surface area contributed by atoms with Gasteiger partial charge in [-0.15, -0.1) is 0 Å². The summed E-state index contributed by atoms with van der Waals surface area (Å²) in [7, 11) is -3.30. The van der Waals surface area contributed by atoms with E-state index in [1.165, 1.54) is 11.1 Å². The molecule has 22 heavy (non-hydrogen) atoms. The van der Waals surface area contributed by atoms with Crippen LogP contribution in [0.4, 0.5) is 0 Å². The van der Waals surface area contributed by atoms with Crippen molar-refractivity contribution in [1.29, 1.82) is 0 Å². The molecule has 2 heterocycles. The highest BCUT2D eigenvalue weighted by molar-refractivity contribution is 7.86. The molecule has 5 heteroatoms. The number of benzene rings is 1. The van der Waals surface area contributed by atoms with E-state index in [2.05, 4.69) is 25.1 Å². The molecule has 0 N–H and O–H groups in total. The second-order valence-electron chi connectivity index (χ2n) is 6.32. The molecular formula is C17H24N2O2S. The van der Waals surface area contributed by atoms with E-state index < -0.39 is 10.2 Å². The van der Waals surface area contributed by atoms with Crippen LogP contribution in [0.5, 0.6) is 0 Å². The van der Waals surface area contributed by atoms with E-state index in [4.69, 9.17) is 0 Å². The Labute approximate surface area is 133 Å². The van der Waals surface area contributed by atoms with Gasteiger partial charge < -0.3 is 0 Å². The van der Waals surface area contributed by atoms with Crippen LogP contribution in [0.3, 0.4) is 0 Å². The summed E-state index contributed by atoms with van der Waals surface area (Å²) in [5.41, 5.74) is 2.45. The van der Waals surface area contributed by atoms with Crippen molar-refractivity contribution in [3.63, 3.8) is 0 Å². The molecule has 0 unspecified atom stereocenters. The minimum atomic E-state index is -3.30. The van der Waals surface area contributed by atoms with Gasteiger partial charge in [-0.3, -0.25) is 0 Å². The van der Waals surface area contributed by atoms with Gasteiger partial charge in [-0.2, -0.15) is 17.0 Å². The molecule has 0 spiro atoms. The lowest BCUT2D eigenvalue weighted by Crippen LogP contribution is -2.48. The largest absolute Gasteiger partial charge is 0.282 e. The lowest BCUT2D eigenvalue weighted by Gasteiger charge is -2.35. The molecular weight excluding hydrogens is 296 g/mol. The maximum Gasteiger partial charge on any atom is 0.282 e. The van der Waals surface area contributed by atoms with Gasteiger partial charge in [-0.05, 0) is 36.3 Å². The molecule has 0 saturated carbocycles. The number of nitrogens with zero attached hydrogens (tertiary/aromatic N) is 2. The Morgan fingerprint density at radius 3 is 2.50 bits per heavy atom. The second kappa shape index (κ2) is 6.52. The van der Waals surface area contributed by atoms with Gasteiger partial charge in [0.2, 0.25) is 0 Å². The van der Waals surface area contributed by atoms with Crippen LogP contribution in [0, 0.1) is 5.92 Å². The van der Waals surface area contributed by atoms with Crippen molar-refractivity contribution in [1.82, 2.24) is 8.61 Å². The van der Waals surface area contributed by atoms with E-state index in [9.17, 15) is 8.42 Å². The summed E-state index contributed by atoms with van der Waals surface area (Å²) in [5, 5.41) is 0. The van der Waals surface area contributed by atoms with Crippen LogP contribution in [0.25, 0.3) is 5.57 Å². The first-order valence-electron chi connectivity index (χ1n) is 8.07. The summed E-state index contributed by atoms with van der Waals surface area (Å²) in [5.74, 6) is 0.462. The summed E-state index contributed by atoms with van der Waals surface area (Å²) < 4.78 is 28.8. The molecule has 3 rings (SSSR count). The van der Waals surface area contributed by atoms with Gasteiger partial charge in [-0.25, -0.2) is 0 Å². The van der Waals surface area contributed by atoms with Crippen LogP contribution in [0.15, 0.2) is 36.4 Å². The number of piperidine rings is 1. The predicted octanol–water partition coefficient (Wildman–Crippen LogP) is 2.75. The average Bonchev–Trinajstić information content (AvgIpc) is 2.56. The van der Waals surface area contributed by atoms with Crippen molar-refractivity contribution < 1.29 is 8.42 Å². The molecule has 0 amide bonds. The minimum absolute atomic E-state index is 0.462. The van der Waals surface area contributed by atoms with Crippen LogP contribution in [-0.2, 0) is 10.2 Å². The van der Waals surface area contributed by atoms with Gasteiger partial charge in [0.05, 0.1) is 0 Å². The van der Waals surface area contributed by atoms with Crippen molar-refractivity contribution in [2.45, 2.75) is 26.2 Å². The van der Waals surface area contributed by atoms with Crippen LogP contribution in [0.1, 0.15) is 31.7 Å². The number of rotatable bonds is 3. The maximum absolute atomic E-state index is 12.8. The summed E-state index contributed by atoms with van der Waals surface area (Å²) in [6.07, 6.45) is 4.94. The average molecular weight is 320 g/mol. The monoisotopic (exact) mass is 320 g/mol. The lowest BCUT2D eigenvalue weighted by molar-refractivity contribution is 0.260. The second-order valence-corrected chi connectivity index (χ2v) is 8.25. The van der Waals surface area contributed by atoms with Gasteiger partial charge in [0.1, 0.15) is 0 Å². The Morgan fingerprint density at radius 1 is 1.09 bits per heavy atom. The zero-order valence-electron chi connectivity index (χ0n) is 13.1. The van der Waals surface area contributed by atoms with Crippen LogP contribution < -0.4 is 0 Å². The van der Waals surface area contributed by atoms with Crippen molar-refractivity contribution in [2.24, 2.45) is 5.92 Å². The maximum atomic E-state index is 12.8. The van der Waals surface area contributed by atoms with Gasteiger partial charge in [-0.1, -0.05) is 43.3 Å². The molecule has 1 saturated heterocycles. The molecule has 4 nitrogen and oxygen atoms in total. The predicted molar refractivity (Wildman–Crippen MR) is 89.5 cm³/mol. The molecule has 1 atom stereocenters. The topological polar surface area (TPSA) is 40.6 Å². The van der Waals surface area contributed by atoms with Gasteiger partial charge in [0.25, 0.3) is 10.2 Å². The van der Waals surface area contributed by atoms with E-state index >= 15 is 0 Å². The Bertz CT molecular complexity index is 640. The summed E-state index contributed by atoms with van der Waals surface area (Å²) in [6.45, 7) is 4.52. The molecule has 0 aromatic heterocycles. The molecule has 0 aliphatic carbocycles. The van der Waals surface area contributed by atoms with Gasteiger partial charge in [0.15, 0.2) is 0 Å². The lowest BCUT2D eigenvalue weighted by atomic mass is 10.0. The quantitative estimate of drug-likeness (QED) is 0.859. The zero-order chi connectivity index (χ0) is 15.6. The highest BCUT2D eigenvalue weighted by Gasteiger charge is 2.33. The standard InChI is InChI=1S/C17H24N2O2S/c1-15-6-5-11-19(14-15)22(20,21)18-12-9-17(10-13-18)16-7-3-2-4-8-16/h2-4,7-9,15H,5-6,10-14H2,1H3/t15-/m1/s1. The number of hydrogen-bond acceptors (Lipinski definition) is 2. The summed E-state index contributed by atoms with van der Waals surface area (Å²) in [4.78, 5) is 0. The summed E-state index contributed by atoms with van der Waals surface area (Å²) >= 11 is 0. The van der Waals surface area contributed by atoms with Crippen LogP contribution >= 0.6 is 0 Å². The Kier molecular flexibility index (Phi) is 4.66. The van der Waals surface area contributed by atoms with Crippen molar-refractivity contribution in [3.8, 4) is 0 Å². The third-order valence-corrected chi connectivity index (χ3v) is 6.56. The zero-order valence-corrected chi connectivity index (χ0v) is 13.9. The fourth-order valence-electron chi connectivity index (χ4n) is 3.29. The Balaban J connectivity index is 1.71. The minimum Gasteiger partial charge on any atom is -0.195 e. The first-order chi connectivity index (χ1) is 10.6. The van der Waals surface area contributed by atoms with Crippen LogP contribution in [0.2, 0.25) is 0 Å². The Hall–Kier alpha value is -1.17. The Morgan fingerprint density at radius 2 is 1.86 bits per heavy atom. The third kappa shape index (κ3) is 3.26. The molecule has 0 radical (unpaired) electrons. The smallest absolute Gasteiger partial charge is 0.195 e. The van der Waals surface area contributed by atoms with Crippen molar-refractivity contribution in [2.75, 3.05) is 26.2 Å². The molecule has 2 aliphatic rings. The first kappa shape index (κ1) is 15.7. The third-order valence-electron chi connectivity index (χ3n) is 4.59. The fraction of sp³-hybridized carbons (Fsp3) is 0.529. The van der Waals surface area contributed by atoms with E-state index in [1.54, 1.807) is 8.61 Å². The normalized spacial score (nSPS) is 25.0. The molecule has 1 fully saturated rings. The van der Waals surface area contributed by atoms with E-state index in [0.29, 0.717) is 32.1 Å². The SMILES string of the molecule is C[C@@H]1CCCN(S(=O)(=O)N2CC=C(c3ccccc3)CC2)C1. The van der Waals surface area contributed by atoms with E-state index in [1.807, 2.05) is 18.2 Å².